The van der Waals surface area contributed by atoms with Gasteiger partial charge in [-0.15, -0.1) is 0 Å². The molecule has 0 atom stereocenters. The van der Waals surface area contributed by atoms with Crippen LogP contribution in [0.15, 0.2) is 36.5 Å². The van der Waals surface area contributed by atoms with Gasteiger partial charge >= 0.3 is 0 Å². The molecule has 1 amide bonds. The minimum absolute atomic E-state index is 0.155. The van der Waals surface area contributed by atoms with E-state index in [0.717, 1.165) is 57.9 Å². The number of fused-ring (bicyclic) bond motifs is 1. The number of para-hydroxylation sites is 1. The number of nitrogens with zero attached hydrogens (tertiary/aromatic N) is 4. The van der Waals surface area contributed by atoms with Crippen molar-refractivity contribution in [3.8, 4) is 0 Å². The van der Waals surface area contributed by atoms with Crippen molar-refractivity contribution in [1.82, 2.24) is 20.2 Å². The zero-order valence-corrected chi connectivity index (χ0v) is 15.4. The molecule has 7 nitrogen and oxygen atoms in total. The molecule has 2 aliphatic heterocycles. The summed E-state index contributed by atoms with van der Waals surface area (Å²) in [6.07, 6.45) is 3.78. The maximum absolute atomic E-state index is 12.5. The number of amides is 1. The summed E-state index contributed by atoms with van der Waals surface area (Å²) in [7, 11) is 0. The monoisotopic (exact) mass is 367 g/mol. The minimum atomic E-state index is -0.155. The van der Waals surface area contributed by atoms with Crippen LogP contribution in [0, 0.1) is 0 Å². The predicted molar refractivity (Wildman–Crippen MR) is 103 cm³/mol. The lowest BCUT2D eigenvalue weighted by Crippen LogP contribution is -2.41. The van der Waals surface area contributed by atoms with Crippen molar-refractivity contribution in [2.75, 3.05) is 50.8 Å². The Labute approximate surface area is 159 Å². The standard InChI is InChI=1S/C20H25N5O2/c26-19(21-9-11-24-12-14-27-15-13-24)17-7-8-22-20(23-17)25-10-3-5-16-4-1-2-6-18(16)25/h1-2,4,6-8H,3,5,9-15H2,(H,21,26). The Morgan fingerprint density at radius 3 is 2.89 bits per heavy atom. The van der Waals surface area contributed by atoms with Crippen molar-refractivity contribution in [3.05, 3.63) is 47.8 Å². The number of ether oxygens (including phenoxy) is 1. The van der Waals surface area contributed by atoms with Crippen molar-refractivity contribution < 1.29 is 9.53 Å². The Bertz CT molecular complexity index is 791. The van der Waals surface area contributed by atoms with Crippen molar-refractivity contribution >= 4 is 17.5 Å². The van der Waals surface area contributed by atoms with Crippen LogP contribution in [0.5, 0.6) is 0 Å². The van der Waals surface area contributed by atoms with Gasteiger partial charge in [0.25, 0.3) is 5.91 Å². The van der Waals surface area contributed by atoms with Crippen molar-refractivity contribution in [2.24, 2.45) is 0 Å². The number of morpholine rings is 1. The molecule has 142 valence electrons. The summed E-state index contributed by atoms with van der Waals surface area (Å²) < 4.78 is 5.34. The van der Waals surface area contributed by atoms with Gasteiger partial charge in [0.1, 0.15) is 5.69 Å². The molecular weight excluding hydrogens is 342 g/mol. The Morgan fingerprint density at radius 2 is 2.00 bits per heavy atom. The lowest BCUT2D eigenvalue weighted by molar-refractivity contribution is 0.0383. The quantitative estimate of drug-likeness (QED) is 0.866. The number of anilines is 2. The van der Waals surface area contributed by atoms with E-state index in [1.165, 1.54) is 5.56 Å². The summed E-state index contributed by atoms with van der Waals surface area (Å²) in [5, 5.41) is 2.97. The number of carbonyl (C=O) groups excluding carboxylic acids is 1. The number of aromatic nitrogens is 2. The molecule has 2 aliphatic rings. The van der Waals surface area contributed by atoms with E-state index in [1.54, 1.807) is 12.3 Å². The summed E-state index contributed by atoms with van der Waals surface area (Å²) in [5.74, 6) is 0.431. The van der Waals surface area contributed by atoms with Gasteiger partial charge in [-0.25, -0.2) is 9.97 Å². The van der Waals surface area contributed by atoms with Crippen LogP contribution in [0.2, 0.25) is 0 Å². The summed E-state index contributed by atoms with van der Waals surface area (Å²) in [6.45, 7) is 5.65. The molecule has 0 radical (unpaired) electrons. The highest BCUT2D eigenvalue weighted by Crippen LogP contribution is 2.31. The van der Waals surface area contributed by atoms with Crippen LogP contribution >= 0.6 is 0 Å². The largest absolute Gasteiger partial charge is 0.379 e. The molecule has 1 aromatic heterocycles. The normalized spacial score (nSPS) is 17.4. The molecular formula is C20H25N5O2. The second kappa shape index (κ2) is 8.45. The van der Waals surface area contributed by atoms with Gasteiger partial charge in [0.2, 0.25) is 5.95 Å². The van der Waals surface area contributed by atoms with Crippen LogP contribution in [0.3, 0.4) is 0 Å². The highest BCUT2D eigenvalue weighted by Gasteiger charge is 2.21. The number of benzene rings is 1. The van der Waals surface area contributed by atoms with E-state index in [0.29, 0.717) is 18.2 Å². The molecule has 1 fully saturated rings. The van der Waals surface area contributed by atoms with E-state index in [9.17, 15) is 4.79 Å². The zero-order valence-electron chi connectivity index (χ0n) is 15.4. The van der Waals surface area contributed by atoms with Gasteiger partial charge in [0.05, 0.1) is 13.2 Å². The molecule has 2 aromatic rings. The van der Waals surface area contributed by atoms with Gasteiger partial charge in [-0.3, -0.25) is 9.69 Å². The first-order valence-corrected chi connectivity index (χ1v) is 9.58. The lowest BCUT2D eigenvalue weighted by Gasteiger charge is -2.29. The number of hydrogen-bond donors (Lipinski definition) is 1. The maximum Gasteiger partial charge on any atom is 0.270 e. The number of carbonyl (C=O) groups is 1. The van der Waals surface area contributed by atoms with Gasteiger partial charge in [-0.1, -0.05) is 18.2 Å². The summed E-state index contributed by atoms with van der Waals surface area (Å²) >= 11 is 0. The SMILES string of the molecule is O=C(NCCN1CCOCC1)c1ccnc(N2CCCc3ccccc32)n1. The van der Waals surface area contributed by atoms with Crippen LogP contribution in [0.4, 0.5) is 11.6 Å². The first-order valence-electron chi connectivity index (χ1n) is 9.58. The second-order valence-corrected chi connectivity index (χ2v) is 6.84. The molecule has 27 heavy (non-hydrogen) atoms. The number of rotatable bonds is 5. The molecule has 0 saturated carbocycles. The summed E-state index contributed by atoms with van der Waals surface area (Å²) in [4.78, 5) is 25.8. The number of hydrogen-bond acceptors (Lipinski definition) is 6. The molecule has 1 saturated heterocycles. The molecule has 0 unspecified atom stereocenters. The Balaban J connectivity index is 1.41. The fourth-order valence-electron chi connectivity index (χ4n) is 3.59. The molecule has 0 bridgehead atoms. The van der Waals surface area contributed by atoms with Crippen LogP contribution in [-0.2, 0) is 11.2 Å². The zero-order chi connectivity index (χ0) is 18.5. The van der Waals surface area contributed by atoms with Crippen LogP contribution in [0.1, 0.15) is 22.5 Å². The summed E-state index contributed by atoms with van der Waals surface area (Å²) in [5.41, 5.74) is 2.84. The molecule has 1 N–H and O–H groups in total. The highest BCUT2D eigenvalue weighted by atomic mass is 16.5. The van der Waals surface area contributed by atoms with E-state index >= 15 is 0 Å². The van der Waals surface area contributed by atoms with E-state index in [1.807, 2.05) is 6.07 Å². The topological polar surface area (TPSA) is 70.6 Å². The smallest absolute Gasteiger partial charge is 0.270 e. The van der Waals surface area contributed by atoms with Crippen LogP contribution in [-0.4, -0.2) is 66.7 Å². The summed E-state index contributed by atoms with van der Waals surface area (Å²) in [6, 6.07) is 9.99. The predicted octanol–water partition coefficient (Wildman–Crippen LogP) is 1.62. The van der Waals surface area contributed by atoms with Gasteiger partial charge in [0, 0.05) is 44.6 Å². The van der Waals surface area contributed by atoms with Crippen molar-refractivity contribution in [3.63, 3.8) is 0 Å². The van der Waals surface area contributed by atoms with Gasteiger partial charge in [-0.05, 0) is 30.5 Å². The fourth-order valence-corrected chi connectivity index (χ4v) is 3.59. The third kappa shape index (κ3) is 4.26. The van der Waals surface area contributed by atoms with Crippen molar-refractivity contribution in [2.45, 2.75) is 12.8 Å². The average Bonchev–Trinajstić information content (AvgIpc) is 2.74. The van der Waals surface area contributed by atoms with E-state index in [-0.39, 0.29) is 5.91 Å². The van der Waals surface area contributed by atoms with Crippen LogP contribution < -0.4 is 10.2 Å². The number of nitrogens with one attached hydrogen (secondary N) is 1. The van der Waals surface area contributed by atoms with Gasteiger partial charge in [0.15, 0.2) is 0 Å². The molecule has 1 aromatic carbocycles. The number of aryl methyl sites for hydroxylation is 1. The lowest BCUT2D eigenvalue weighted by atomic mass is 10.0. The fraction of sp³-hybridized carbons (Fsp3) is 0.450. The first kappa shape index (κ1) is 17.9. The van der Waals surface area contributed by atoms with Gasteiger partial charge < -0.3 is 15.0 Å². The van der Waals surface area contributed by atoms with Crippen LogP contribution in [0.25, 0.3) is 0 Å². The third-order valence-corrected chi connectivity index (χ3v) is 5.04. The molecule has 0 aliphatic carbocycles. The second-order valence-electron chi connectivity index (χ2n) is 6.84. The Kier molecular flexibility index (Phi) is 5.60. The molecule has 3 heterocycles. The average molecular weight is 367 g/mol. The molecule has 7 heteroatoms. The van der Waals surface area contributed by atoms with E-state index in [2.05, 4.69) is 43.3 Å². The van der Waals surface area contributed by atoms with E-state index in [4.69, 9.17) is 4.74 Å². The van der Waals surface area contributed by atoms with E-state index < -0.39 is 0 Å². The van der Waals surface area contributed by atoms with Crippen molar-refractivity contribution in [1.29, 1.82) is 0 Å². The maximum atomic E-state index is 12.5. The van der Waals surface area contributed by atoms with Gasteiger partial charge in [-0.2, -0.15) is 0 Å². The molecule has 0 spiro atoms. The molecule has 4 rings (SSSR count). The highest BCUT2D eigenvalue weighted by molar-refractivity contribution is 5.92. The Morgan fingerprint density at radius 1 is 1.15 bits per heavy atom. The Hall–Kier alpha value is -2.51. The first-order chi connectivity index (χ1) is 13.3. The minimum Gasteiger partial charge on any atom is -0.379 e. The third-order valence-electron chi connectivity index (χ3n) is 5.04.